The summed E-state index contributed by atoms with van der Waals surface area (Å²) < 4.78 is 2.21. The summed E-state index contributed by atoms with van der Waals surface area (Å²) in [4.78, 5) is 12.3. The summed E-state index contributed by atoms with van der Waals surface area (Å²) in [5.74, 6) is -0.156. The normalized spacial score (nSPS) is 11.0. The Labute approximate surface area is 170 Å². The minimum atomic E-state index is -0.414. The number of carbonyl (C=O) groups excluding carboxylic acids is 1. The van der Waals surface area contributed by atoms with Gasteiger partial charge in [0.2, 0.25) is 0 Å². The van der Waals surface area contributed by atoms with Gasteiger partial charge < -0.3 is 15.4 Å². The van der Waals surface area contributed by atoms with E-state index in [4.69, 9.17) is 17.3 Å². The molecule has 0 fully saturated rings. The molecule has 2 aromatic carbocycles. The summed E-state index contributed by atoms with van der Waals surface area (Å²) in [6.45, 7) is 4.82. The summed E-state index contributed by atoms with van der Waals surface area (Å²) in [7, 11) is 0. The Kier molecular flexibility index (Phi) is 6.10. The van der Waals surface area contributed by atoms with Crippen LogP contribution in [0.5, 0.6) is 5.75 Å². The minimum Gasteiger partial charge on any atom is -0.508 e. The molecule has 0 aliphatic rings. The first-order chi connectivity index (χ1) is 13.4. The van der Waals surface area contributed by atoms with Gasteiger partial charge in [-0.1, -0.05) is 49.2 Å². The number of hydrogen-bond donors (Lipinski definition) is 2. The van der Waals surface area contributed by atoms with Gasteiger partial charge in [-0.15, -0.1) is 0 Å². The van der Waals surface area contributed by atoms with Crippen LogP contribution in [-0.2, 0) is 19.4 Å². The highest BCUT2D eigenvalue weighted by Gasteiger charge is 2.24. The van der Waals surface area contributed by atoms with Gasteiger partial charge in [0, 0.05) is 28.5 Å². The van der Waals surface area contributed by atoms with Crippen LogP contribution >= 0.6 is 11.6 Å². The van der Waals surface area contributed by atoms with Crippen LogP contribution in [0.3, 0.4) is 0 Å². The van der Waals surface area contributed by atoms with Gasteiger partial charge in [-0.25, -0.2) is 0 Å². The Morgan fingerprint density at radius 2 is 1.71 bits per heavy atom. The number of phenolic OH excluding ortho intramolecular Hbond substituents is 1. The maximum Gasteiger partial charge on any atom is 0.251 e. The molecule has 0 saturated heterocycles. The van der Waals surface area contributed by atoms with Crippen molar-refractivity contribution in [3.63, 3.8) is 0 Å². The number of amides is 1. The summed E-state index contributed by atoms with van der Waals surface area (Å²) in [6, 6.07) is 14.8. The van der Waals surface area contributed by atoms with E-state index in [9.17, 15) is 9.90 Å². The molecule has 0 spiro atoms. The number of aromatic nitrogens is 1. The van der Waals surface area contributed by atoms with E-state index in [0.29, 0.717) is 10.6 Å². The Morgan fingerprint density at radius 3 is 2.29 bits per heavy atom. The first-order valence-corrected chi connectivity index (χ1v) is 9.85. The van der Waals surface area contributed by atoms with Crippen LogP contribution in [0, 0.1) is 6.92 Å². The molecule has 1 aromatic heterocycles. The number of aryl methyl sites for hydroxylation is 1. The van der Waals surface area contributed by atoms with E-state index in [-0.39, 0.29) is 5.75 Å². The molecule has 0 unspecified atom stereocenters. The molecule has 5 heteroatoms. The van der Waals surface area contributed by atoms with Crippen LogP contribution < -0.4 is 5.73 Å². The zero-order chi connectivity index (χ0) is 20.3. The molecular weight excluding hydrogens is 372 g/mol. The van der Waals surface area contributed by atoms with Gasteiger partial charge >= 0.3 is 0 Å². The zero-order valence-electron chi connectivity index (χ0n) is 16.2. The van der Waals surface area contributed by atoms with Crippen molar-refractivity contribution in [1.29, 1.82) is 0 Å². The highest BCUT2D eigenvalue weighted by Crippen LogP contribution is 2.34. The number of phenols is 1. The molecule has 28 heavy (non-hydrogen) atoms. The summed E-state index contributed by atoms with van der Waals surface area (Å²) in [5, 5.41) is 10.1. The van der Waals surface area contributed by atoms with E-state index in [2.05, 4.69) is 11.5 Å². The number of aromatic hydroxyl groups is 1. The van der Waals surface area contributed by atoms with Gasteiger partial charge in [0.25, 0.3) is 5.91 Å². The third-order valence-electron chi connectivity index (χ3n) is 5.06. The molecule has 0 saturated carbocycles. The number of benzene rings is 2. The maximum atomic E-state index is 12.3. The van der Waals surface area contributed by atoms with Gasteiger partial charge in [0.1, 0.15) is 5.75 Å². The quantitative estimate of drug-likeness (QED) is 0.582. The SMILES string of the molecule is CCCc1c(-c2ccc(Cl)cc2)c(C(N)=O)c(C)n1CCc1ccc(O)cc1. The number of carbonyl (C=O) groups is 1. The molecule has 146 valence electrons. The predicted octanol–water partition coefficient (Wildman–Crippen LogP) is 5.12. The summed E-state index contributed by atoms with van der Waals surface area (Å²) in [5.41, 5.74) is 11.4. The Balaban J connectivity index is 2.08. The molecule has 0 bridgehead atoms. The van der Waals surface area contributed by atoms with Crippen LogP contribution in [0.1, 0.15) is 40.7 Å². The molecule has 1 amide bonds. The predicted molar refractivity (Wildman–Crippen MR) is 114 cm³/mol. The van der Waals surface area contributed by atoms with Gasteiger partial charge in [-0.2, -0.15) is 0 Å². The smallest absolute Gasteiger partial charge is 0.251 e. The fourth-order valence-electron chi connectivity index (χ4n) is 3.73. The second-order valence-electron chi connectivity index (χ2n) is 6.97. The maximum absolute atomic E-state index is 12.3. The Bertz CT molecular complexity index is 973. The van der Waals surface area contributed by atoms with E-state index in [1.807, 2.05) is 43.3 Å². The fourth-order valence-corrected chi connectivity index (χ4v) is 3.86. The molecule has 0 atom stereocenters. The highest BCUT2D eigenvalue weighted by atomic mass is 35.5. The average Bonchev–Trinajstić information content (AvgIpc) is 2.94. The fraction of sp³-hybridized carbons (Fsp3) is 0.261. The number of primary amides is 1. The molecular formula is C23H25ClN2O2. The van der Waals surface area contributed by atoms with Crippen molar-refractivity contribution in [3.05, 3.63) is 76.1 Å². The highest BCUT2D eigenvalue weighted by molar-refractivity contribution is 6.30. The first kappa shape index (κ1) is 20.0. The molecule has 3 aromatic rings. The molecule has 0 radical (unpaired) electrons. The van der Waals surface area contributed by atoms with Crippen molar-refractivity contribution in [2.45, 2.75) is 39.7 Å². The first-order valence-electron chi connectivity index (χ1n) is 9.48. The molecule has 1 heterocycles. The average molecular weight is 397 g/mol. The van der Waals surface area contributed by atoms with Crippen LogP contribution in [0.4, 0.5) is 0 Å². The molecule has 4 nitrogen and oxygen atoms in total. The van der Waals surface area contributed by atoms with Gasteiger partial charge in [-0.3, -0.25) is 4.79 Å². The molecule has 3 rings (SSSR count). The third kappa shape index (κ3) is 4.07. The van der Waals surface area contributed by atoms with Crippen molar-refractivity contribution in [3.8, 4) is 16.9 Å². The lowest BCUT2D eigenvalue weighted by Gasteiger charge is -2.13. The largest absolute Gasteiger partial charge is 0.508 e. The van der Waals surface area contributed by atoms with Gasteiger partial charge in [0.15, 0.2) is 0 Å². The van der Waals surface area contributed by atoms with E-state index < -0.39 is 5.91 Å². The zero-order valence-corrected chi connectivity index (χ0v) is 17.0. The molecule has 0 aliphatic heterocycles. The van der Waals surface area contributed by atoms with Gasteiger partial charge in [0.05, 0.1) is 5.56 Å². The van der Waals surface area contributed by atoms with Crippen molar-refractivity contribution in [2.24, 2.45) is 5.73 Å². The Hall–Kier alpha value is -2.72. The number of hydrogen-bond acceptors (Lipinski definition) is 2. The lowest BCUT2D eigenvalue weighted by Crippen LogP contribution is -2.14. The van der Waals surface area contributed by atoms with E-state index >= 15 is 0 Å². The molecule has 3 N–H and O–H groups in total. The van der Waals surface area contributed by atoms with Gasteiger partial charge in [-0.05, 0) is 55.2 Å². The van der Waals surface area contributed by atoms with Crippen LogP contribution in [-0.4, -0.2) is 15.6 Å². The van der Waals surface area contributed by atoms with Crippen molar-refractivity contribution in [1.82, 2.24) is 4.57 Å². The monoisotopic (exact) mass is 396 g/mol. The van der Waals surface area contributed by atoms with E-state index in [1.165, 1.54) is 0 Å². The number of rotatable bonds is 7. The van der Waals surface area contributed by atoms with Crippen LogP contribution in [0.2, 0.25) is 5.02 Å². The number of nitrogens with zero attached hydrogens (tertiary/aromatic N) is 1. The minimum absolute atomic E-state index is 0.258. The molecule has 0 aliphatic carbocycles. The van der Waals surface area contributed by atoms with Crippen molar-refractivity contribution >= 4 is 17.5 Å². The topological polar surface area (TPSA) is 68.2 Å². The second kappa shape index (κ2) is 8.53. The van der Waals surface area contributed by atoms with Crippen molar-refractivity contribution in [2.75, 3.05) is 0 Å². The lowest BCUT2D eigenvalue weighted by atomic mass is 9.98. The van der Waals surface area contributed by atoms with Crippen LogP contribution in [0.25, 0.3) is 11.1 Å². The van der Waals surface area contributed by atoms with Crippen molar-refractivity contribution < 1.29 is 9.90 Å². The summed E-state index contributed by atoms with van der Waals surface area (Å²) in [6.07, 6.45) is 2.61. The number of halogens is 1. The lowest BCUT2D eigenvalue weighted by molar-refractivity contribution is 0.1000. The van der Waals surface area contributed by atoms with Crippen LogP contribution in [0.15, 0.2) is 48.5 Å². The third-order valence-corrected chi connectivity index (χ3v) is 5.31. The Morgan fingerprint density at radius 1 is 1.07 bits per heavy atom. The standard InChI is InChI=1S/C23H25ClN2O2/c1-3-4-20-22(17-7-9-18(24)10-8-17)21(23(25)28)15(2)26(20)14-13-16-5-11-19(27)12-6-16/h5-12,27H,3-4,13-14H2,1-2H3,(H2,25,28). The second-order valence-corrected chi connectivity index (χ2v) is 7.41. The number of nitrogens with two attached hydrogens (primary N) is 1. The van der Waals surface area contributed by atoms with E-state index in [0.717, 1.165) is 53.9 Å². The van der Waals surface area contributed by atoms with E-state index in [1.54, 1.807) is 12.1 Å². The summed E-state index contributed by atoms with van der Waals surface area (Å²) >= 11 is 6.05.